The molecule has 2 aliphatic heterocycles. The van der Waals surface area contributed by atoms with Crippen LogP contribution in [0.2, 0.25) is 0 Å². The molecule has 9 nitrogen and oxygen atoms in total. The smallest absolute Gasteiger partial charge is 0.232 e. The third-order valence-electron chi connectivity index (χ3n) is 6.50. The van der Waals surface area contributed by atoms with E-state index < -0.39 is 10.0 Å². The van der Waals surface area contributed by atoms with Gasteiger partial charge in [0.25, 0.3) is 0 Å². The average Bonchev–Trinajstić information content (AvgIpc) is 3.54. The van der Waals surface area contributed by atoms with Crippen LogP contribution in [0, 0.1) is 19.1 Å². The summed E-state index contributed by atoms with van der Waals surface area (Å²) >= 11 is 0. The van der Waals surface area contributed by atoms with E-state index in [4.69, 9.17) is 9.47 Å². The Morgan fingerprint density at radius 1 is 1.10 bits per heavy atom. The van der Waals surface area contributed by atoms with Gasteiger partial charge in [-0.1, -0.05) is 0 Å². The van der Waals surface area contributed by atoms with Gasteiger partial charge in [0, 0.05) is 37.9 Å². The maximum absolute atomic E-state index is 12.8. The molecule has 0 N–H and O–H groups in total. The first-order valence-electron chi connectivity index (χ1n) is 10.7. The fourth-order valence-electron chi connectivity index (χ4n) is 4.69. The molecule has 0 spiro atoms. The zero-order valence-corrected chi connectivity index (χ0v) is 18.4. The van der Waals surface area contributed by atoms with E-state index in [0.29, 0.717) is 41.6 Å². The van der Waals surface area contributed by atoms with Gasteiger partial charge in [0.2, 0.25) is 27.5 Å². The molecule has 2 aromatic rings. The number of piperidine rings is 1. The van der Waals surface area contributed by atoms with Crippen molar-refractivity contribution in [1.29, 1.82) is 0 Å². The quantitative estimate of drug-likeness (QED) is 0.495. The van der Waals surface area contributed by atoms with Gasteiger partial charge in [0.05, 0.1) is 10.8 Å². The van der Waals surface area contributed by atoms with Crippen LogP contribution in [0.15, 0.2) is 24.7 Å². The Bertz CT molecular complexity index is 1090. The fourth-order valence-corrected chi connectivity index (χ4v) is 6.98. The SMILES string of the molecule is Cc1c(Oc2ccc[n+]([O-])c2C)ncnc1OC1CC2CCC(C1)N2S(=O)(=O)C1CC1. The monoisotopic (exact) mass is 446 g/mol. The van der Waals surface area contributed by atoms with E-state index in [0.717, 1.165) is 30.4 Å². The topological polar surface area (TPSA) is 109 Å². The van der Waals surface area contributed by atoms with Crippen molar-refractivity contribution in [2.75, 3.05) is 0 Å². The Kier molecular flexibility index (Phi) is 5.01. The van der Waals surface area contributed by atoms with E-state index in [2.05, 4.69) is 9.97 Å². The maximum atomic E-state index is 12.8. The second-order valence-electron chi connectivity index (χ2n) is 8.67. The minimum absolute atomic E-state index is 0.00619. The van der Waals surface area contributed by atoms with Gasteiger partial charge in [-0.3, -0.25) is 0 Å². The Labute approximate surface area is 181 Å². The standard InChI is InChI=1S/C21H26N4O5S/c1-13-20(22-12-23-21(13)30-19-4-3-9-24(26)14(19)2)29-17-10-15-5-6-16(11-17)25(15)31(27,28)18-7-8-18/h3-4,9,12,15-18H,5-8,10-11H2,1-2H3. The van der Waals surface area contributed by atoms with Crippen LogP contribution >= 0.6 is 0 Å². The highest BCUT2D eigenvalue weighted by atomic mass is 32.2. The summed E-state index contributed by atoms with van der Waals surface area (Å²) in [6.45, 7) is 3.49. The molecule has 5 rings (SSSR count). The van der Waals surface area contributed by atoms with Crippen LogP contribution in [0.4, 0.5) is 0 Å². The van der Waals surface area contributed by atoms with Gasteiger partial charge in [-0.05, 0) is 38.7 Å². The summed E-state index contributed by atoms with van der Waals surface area (Å²) in [5.74, 6) is 1.18. The van der Waals surface area contributed by atoms with Crippen molar-refractivity contribution in [2.24, 2.45) is 0 Å². The summed E-state index contributed by atoms with van der Waals surface area (Å²) < 4.78 is 40.2. The van der Waals surface area contributed by atoms with E-state index in [1.54, 1.807) is 23.4 Å². The van der Waals surface area contributed by atoms with E-state index in [9.17, 15) is 13.6 Å². The second-order valence-corrected chi connectivity index (χ2v) is 10.8. The van der Waals surface area contributed by atoms with Crippen LogP contribution in [0.3, 0.4) is 0 Å². The number of ether oxygens (including phenoxy) is 2. The van der Waals surface area contributed by atoms with E-state index >= 15 is 0 Å². The molecule has 3 fully saturated rings. The van der Waals surface area contributed by atoms with Gasteiger partial charge in [0.1, 0.15) is 12.4 Å². The van der Waals surface area contributed by atoms with Crippen LogP contribution in [-0.4, -0.2) is 46.1 Å². The van der Waals surface area contributed by atoms with Gasteiger partial charge in [0.15, 0.2) is 11.9 Å². The highest BCUT2D eigenvalue weighted by Crippen LogP contribution is 2.44. The predicted molar refractivity (Wildman–Crippen MR) is 111 cm³/mol. The van der Waals surface area contributed by atoms with Crippen LogP contribution in [0.1, 0.15) is 49.8 Å². The number of hydrogen-bond acceptors (Lipinski definition) is 7. The maximum Gasteiger partial charge on any atom is 0.232 e. The molecule has 0 amide bonds. The van der Waals surface area contributed by atoms with Crippen molar-refractivity contribution < 1.29 is 22.6 Å². The molecule has 4 heterocycles. The molecule has 0 radical (unpaired) electrons. The lowest BCUT2D eigenvalue weighted by Gasteiger charge is -2.37. The van der Waals surface area contributed by atoms with Crippen molar-refractivity contribution in [2.45, 2.75) is 75.8 Å². The summed E-state index contributed by atoms with van der Waals surface area (Å²) in [5, 5.41) is 11.6. The molecule has 0 aromatic carbocycles. The van der Waals surface area contributed by atoms with Gasteiger partial charge < -0.3 is 14.7 Å². The molecule has 10 heteroatoms. The minimum Gasteiger partial charge on any atom is -0.618 e. The summed E-state index contributed by atoms with van der Waals surface area (Å²) in [5.41, 5.74) is 1.08. The Morgan fingerprint density at radius 3 is 2.45 bits per heavy atom. The second kappa shape index (κ2) is 7.59. The van der Waals surface area contributed by atoms with Gasteiger partial charge >= 0.3 is 0 Å². The largest absolute Gasteiger partial charge is 0.618 e. The first kappa shape index (κ1) is 20.4. The Morgan fingerprint density at radius 2 is 1.77 bits per heavy atom. The van der Waals surface area contributed by atoms with E-state index in [1.165, 1.54) is 12.5 Å². The number of nitrogens with zero attached hydrogens (tertiary/aromatic N) is 4. The van der Waals surface area contributed by atoms with Gasteiger partial charge in [-0.15, -0.1) is 0 Å². The lowest BCUT2D eigenvalue weighted by atomic mass is 10.0. The average molecular weight is 447 g/mol. The summed E-state index contributed by atoms with van der Waals surface area (Å²) in [7, 11) is -3.17. The van der Waals surface area contributed by atoms with Gasteiger partial charge in [-0.2, -0.15) is 9.04 Å². The lowest BCUT2D eigenvalue weighted by molar-refractivity contribution is -0.612. The number of pyridine rings is 1. The third kappa shape index (κ3) is 3.71. The summed E-state index contributed by atoms with van der Waals surface area (Å²) in [6, 6.07) is 3.33. The highest BCUT2D eigenvalue weighted by molar-refractivity contribution is 7.90. The number of aromatic nitrogens is 3. The molecule has 3 aliphatic rings. The highest BCUT2D eigenvalue weighted by Gasteiger charge is 2.52. The molecule has 31 heavy (non-hydrogen) atoms. The first-order valence-corrected chi connectivity index (χ1v) is 12.2. The minimum atomic E-state index is -3.17. The molecule has 2 unspecified atom stereocenters. The van der Waals surface area contributed by atoms with Crippen molar-refractivity contribution in [3.63, 3.8) is 0 Å². The van der Waals surface area contributed by atoms with Crippen LogP contribution < -0.4 is 14.2 Å². The molecule has 166 valence electrons. The van der Waals surface area contributed by atoms with Crippen molar-refractivity contribution in [1.82, 2.24) is 14.3 Å². The zero-order chi connectivity index (χ0) is 21.8. The molecule has 2 atom stereocenters. The number of fused-ring (bicyclic) bond motifs is 2. The third-order valence-corrected chi connectivity index (χ3v) is 8.99. The summed E-state index contributed by atoms with van der Waals surface area (Å²) in [6.07, 6.45) is 7.35. The zero-order valence-electron chi connectivity index (χ0n) is 17.6. The van der Waals surface area contributed by atoms with E-state index in [1.807, 2.05) is 6.92 Å². The predicted octanol–water partition coefficient (Wildman–Crippen LogP) is 2.39. The first-order chi connectivity index (χ1) is 14.8. The Balaban J connectivity index is 1.31. The van der Waals surface area contributed by atoms with Crippen molar-refractivity contribution in [3.05, 3.63) is 41.1 Å². The van der Waals surface area contributed by atoms with Crippen LogP contribution in [-0.2, 0) is 10.0 Å². The molecule has 1 saturated carbocycles. The fraction of sp³-hybridized carbons (Fsp3) is 0.571. The molecule has 2 aromatic heterocycles. The molecular weight excluding hydrogens is 420 g/mol. The molecule has 2 saturated heterocycles. The number of sulfonamides is 1. The van der Waals surface area contributed by atoms with Crippen LogP contribution in [0.5, 0.6) is 17.5 Å². The van der Waals surface area contributed by atoms with E-state index in [-0.39, 0.29) is 23.4 Å². The lowest BCUT2D eigenvalue weighted by Crippen LogP contribution is -2.50. The van der Waals surface area contributed by atoms with Crippen molar-refractivity contribution in [3.8, 4) is 17.5 Å². The normalized spacial score (nSPS) is 26.1. The molecule has 1 aliphatic carbocycles. The molecular formula is C21H26N4O5S. The van der Waals surface area contributed by atoms with Crippen LogP contribution in [0.25, 0.3) is 0 Å². The van der Waals surface area contributed by atoms with Gasteiger partial charge in [-0.25, -0.2) is 18.4 Å². The number of rotatable bonds is 6. The van der Waals surface area contributed by atoms with Crippen molar-refractivity contribution >= 4 is 10.0 Å². The summed E-state index contributed by atoms with van der Waals surface area (Å²) in [4.78, 5) is 8.48. The molecule has 2 bridgehead atoms. The number of hydrogen-bond donors (Lipinski definition) is 0. The Hall–Kier alpha value is -2.46.